The number of hydrogen-bond donors (Lipinski definition) is 3. The first-order valence-corrected chi connectivity index (χ1v) is 7.80. The van der Waals surface area contributed by atoms with Crippen molar-refractivity contribution in [1.82, 2.24) is 10.6 Å². The van der Waals surface area contributed by atoms with Crippen LogP contribution in [0.2, 0.25) is 0 Å². The molecule has 0 radical (unpaired) electrons. The fraction of sp³-hybridized carbons (Fsp3) is 0.529. The van der Waals surface area contributed by atoms with Gasteiger partial charge in [0.25, 0.3) is 5.91 Å². The van der Waals surface area contributed by atoms with Gasteiger partial charge in [0.1, 0.15) is 5.75 Å². The van der Waals surface area contributed by atoms with Crippen LogP contribution in [-0.2, 0) is 9.59 Å². The molecule has 4 N–H and O–H groups in total. The van der Waals surface area contributed by atoms with E-state index in [1.807, 2.05) is 25.1 Å². The van der Waals surface area contributed by atoms with E-state index in [1.165, 1.54) is 0 Å². The molecule has 2 amide bonds. The molecule has 0 saturated carbocycles. The standard InChI is InChI=1S/C17H27N3O3/c1-13(2)9-17(3,12-18)20-15(21)10-19-16(22)11-23-14-7-5-4-6-8-14/h4-8,13H,9-12,18H2,1-3H3,(H,19,22)(H,20,21). The second kappa shape index (κ2) is 9.15. The average molecular weight is 321 g/mol. The molecule has 1 unspecified atom stereocenters. The predicted octanol–water partition coefficient (Wildman–Crippen LogP) is 1.06. The number of hydrogen-bond acceptors (Lipinski definition) is 4. The number of carbonyl (C=O) groups excluding carboxylic acids is 2. The average Bonchev–Trinajstić information content (AvgIpc) is 2.51. The molecule has 6 heteroatoms. The van der Waals surface area contributed by atoms with Crippen LogP contribution in [0.5, 0.6) is 5.75 Å². The van der Waals surface area contributed by atoms with Gasteiger partial charge in [-0.1, -0.05) is 32.0 Å². The third kappa shape index (κ3) is 7.65. The van der Waals surface area contributed by atoms with Gasteiger partial charge in [0.2, 0.25) is 5.91 Å². The highest BCUT2D eigenvalue weighted by molar-refractivity contribution is 5.85. The largest absolute Gasteiger partial charge is 0.484 e. The summed E-state index contributed by atoms with van der Waals surface area (Å²) in [4.78, 5) is 23.6. The Bertz CT molecular complexity index is 505. The molecule has 23 heavy (non-hydrogen) atoms. The van der Waals surface area contributed by atoms with Gasteiger partial charge in [0.05, 0.1) is 6.54 Å². The molecule has 0 saturated heterocycles. The summed E-state index contributed by atoms with van der Waals surface area (Å²) in [7, 11) is 0. The van der Waals surface area contributed by atoms with E-state index in [4.69, 9.17) is 10.5 Å². The number of rotatable bonds is 9. The third-order valence-electron chi connectivity index (χ3n) is 3.31. The number of nitrogens with one attached hydrogen (secondary N) is 2. The molecule has 6 nitrogen and oxygen atoms in total. The van der Waals surface area contributed by atoms with E-state index in [9.17, 15) is 9.59 Å². The van der Waals surface area contributed by atoms with Crippen molar-refractivity contribution < 1.29 is 14.3 Å². The molecule has 1 atom stereocenters. The summed E-state index contributed by atoms with van der Waals surface area (Å²) >= 11 is 0. The van der Waals surface area contributed by atoms with Crippen molar-refractivity contribution in [3.8, 4) is 5.75 Å². The lowest BCUT2D eigenvalue weighted by Gasteiger charge is -2.31. The molecule has 1 aromatic carbocycles. The van der Waals surface area contributed by atoms with Gasteiger partial charge in [-0.25, -0.2) is 0 Å². The van der Waals surface area contributed by atoms with Crippen molar-refractivity contribution in [3.63, 3.8) is 0 Å². The van der Waals surface area contributed by atoms with Crippen LogP contribution in [0.15, 0.2) is 30.3 Å². The van der Waals surface area contributed by atoms with Gasteiger partial charge in [0, 0.05) is 12.1 Å². The van der Waals surface area contributed by atoms with Gasteiger partial charge < -0.3 is 21.1 Å². The molecule has 0 aromatic heterocycles. The summed E-state index contributed by atoms with van der Waals surface area (Å²) < 4.78 is 5.31. The Morgan fingerprint density at radius 3 is 2.43 bits per heavy atom. The highest BCUT2D eigenvalue weighted by atomic mass is 16.5. The lowest BCUT2D eigenvalue weighted by molar-refractivity contribution is -0.128. The van der Waals surface area contributed by atoms with Crippen molar-refractivity contribution in [2.75, 3.05) is 19.7 Å². The minimum atomic E-state index is -0.462. The number of carbonyl (C=O) groups is 2. The molecular weight excluding hydrogens is 294 g/mol. The van der Waals surface area contributed by atoms with Crippen LogP contribution < -0.4 is 21.1 Å². The minimum absolute atomic E-state index is 0.0926. The maximum Gasteiger partial charge on any atom is 0.258 e. The van der Waals surface area contributed by atoms with Crippen LogP contribution >= 0.6 is 0 Å². The van der Waals surface area contributed by atoms with Crippen molar-refractivity contribution in [3.05, 3.63) is 30.3 Å². The number of para-hydroxylation sites is 1. The van der Waals surface area contributed by atoms with Crippen LogP contribution in [0.25, 0.3) is 0 Å². The summed E-state index contributed by atoms with van der Waals surface area (Å²) in [6, 6.07) is 9.03. The minimum Gasteiger partial charge on any atom is -0.484 e. The summed E-state index contributed by atoms with van der Waals surface area (Å²) in [5.41, 5.74) is 5.29. The molecule has 0 bridgehead atoms. The first kappa shape index (κ1) is 19.0. The fourth-order valence-corrected chi connectivity index (χ4v) is 2.36. The van der Waals surface area contributed by atoms with Gasteiger partial charge in [-0.3, -0.25) is 9.59 Å². The predicted molar refractivity (Wildman–Crippen MR) is 90.0 cm³/mol. The van der Waals surface area contributed by atoms with Gasteiger partial charge in [-0.05, 0) is 31.4 Å². The lowest BCUT2D eigenvalue weighted by atomic mass is 9.91. The van der Waals surface area contributed by atoms with E-state index in [-0.39, 0.29) is 25.0 Å². The molecule has 0 spiro atoms. The molecule has 1 rings (SSSR count). The Kier molecular flexibility index (Phi) is 7.54. The molecule has 1 aromatic rings. The van der Waals surface area contributed by atoms with Gasteiger partial charge in [-0.2, -0.15) is 0 Å². The van der Waals surface area contributed by atoms with E-state index in [0.29, 0.717) is 18.2 Å². The van der Waals surface area contributed by atoms with Crippen molar-refractivity contribution in [2.24, 2.45) is 11.7 Å². The Hall–Kier alpha value is -2.08. The Labute approximate surface area is 137 Å². The zero-order valence-corrected chi connectivity index (χ0v) is 14.1. The Morgan fingerprint density at radius 2 is 1.87 bits per heavy atom. The highest BCUT2D eigenvalue weighted by Gasteiger charge is 2.25. The van der Waals surface area contributed by atoms with Gasteiger partial charge >= 0.3 is 0 Å². The molecule has 128 valence electrons. The van der Waals surface area contributed by atoms with E-state index in [1.54, 1.807) is 12.1 Å². The second-order valence-corrected chi connectivity index (χ2v) is 6.29. The van der Waals surface area contributed by atoms with Crippen LogP contribution in [0, 0.1) is 5.92 Å². The quantitative estimate of drug-likeness (QED) is 0.634. The normalized spacial score (nSPS) is 13.3. The third-order valence-corrected chi connectivity index (χ3v) is 3.31. The van der Waals surface area contributed by atoms with Crippen LogP contribution in [0.4, 0.5) is 0 Å². The molecule has 0 aliphatic rings. The summed E-state index contributed by atoms with van der Waals surface area (Å²) in [5.74, 6) is 0.423. The molecule has 0 aliphatic carbocycles. The maximum absolute atomic E-state index is 12.0. The summed E-state index contributed by atoms with van der Waals surface area (Å²) in [6.45, 7) is 6.18. The topological polar surface area (TPSA) is 93.5 Å². The zero-order valence-electron chi connectivity index (χ0n) is 14.1. The second-order valence-electron chi connectivity index (χ2n) is 6.29. The van der Waals surface area contributed by atoms with Crippen molar-refractivity contribution in [2.45, 2.75) is 32.7 Å². The Balaban J connectivity index is 2.33. The number of ether oxygens (including phenoxy) is 1. The Morgan fingerprint density at radius 1 is 1.22 bits per heavy atom. The molecule has 0 aliphatic heterocycles. The summed E-state index contributed by atoms with van der Waals surface area (Å²) in [5, 5.41) is 5.42. The highest BCUT2D eigenvalue weighted by Crippen LogP contribution is 2.14. The zero-order chi connectivity index (χ0) is 17.3. The fourth-order valence-electron chi connectivity index (χ4n) is 2.36. The first-order chi connectivity index (χ1) is 10.8. The van der Waals surface area contributed by atoms with Gasteiger partial charge in [-0.15, -0.1) is 0 Å². The number of benzene rings is 1. The smallest absolute Gasteiger partial charge is 0.258 e. The molecule has 0 fully saturated rings. The SMILES string of the molecule is CC(C)CC(C)(CN)NC(=O)CNC(=O)COc1ccccc1. The molecular formula is C17H27N3O3. The van der Waals surface area contributed by atoms with Crippen LogP contribution in [0.3, 0.4) is 0 Å². The molecule has 0 heterocycles. The van der Waals surface area contributed by atoms with E-state index >= 15 is 0 Å². The van der Waals surface area contributed by atoms with Crippen molar-refractivity contribution in [1.29, 1.82) is 0 Å². The lowest BCUT2D eigenvalue weighted by Crippen LogP contribution is -2.54. The first-order valence-electron chi connectivity index (χ1n) is 7.80. The maximum atomic E-state index is 12.0. The number of nitrogens with two attached hydrogens (primary N) is 1. The van der Waals surface area contributed by atoms with E-state index < -0.39 is 5.54 Å². The van der Waals surface area contributed by atoms with Gasteiger partial charge in [0.15, 0.2) is 6.61 Å². The van der Waals surface area contributed by atoms with E-state index in [2.05, 4.69) is 24.5 Å². The van der Waals surface area contributed by atoms with Crippen LogP contribution in [0.1, 0.15) is 27.2 Å². The van der Waals surface area contributed by atoms with Crippen LogP contribution in [-0.4, -0.2) is 37.0 Å². The number of amides is 2. The van der Waals surface area contributed by atoms with Crippen molar-refractivity contribution >= 4 is 11.8 Å². The van der Waals surface area contributed by atoms with E-state index in [0.717, 1.165) is 6.42 Å². The monoisotopic (exact) mass is 321 g/mol. The summed E-state index contributed by atoms with van der Waals surface area (Å²) in [6.07, 6.45) is 0.778.